The molecule has 0 saturated heterocycles. The topological polar surface area (TPSA) is 41.7 Å². The number of alkyl halides is 1. The highest BCUT2D eigenvalue weighted by atomic mass is 35.5. The second-order valence-corrected chi connectivity index (χ2v) is 5.21. The predicted octanol–water partition coefficient (Wildman–Crippen LogP) is 2.98. The molecule has 0 fully saturated rings. The van der Waals surface area contributed by atoms with Crippen LogP contribution in [-0.2, 0) is 9.59 Å². The van der Waals surface area contributed by atoms with Gasteiger partial charge in [0, 0.05) is 0 Å². The van der Waals surface area contributed by atoms with Crippen LogP contribution in [0.1, 0.15) is 18.1 Å². The molecule has 0 spiro atoms. The summed E-state index contributed by atoms with van der Waals surface area (Å²) in [6.45, 7) is 12.3. The second kappa shape index (κ2) is 5.10. The van der Waals surface area contributed by atoms with Gasteiger partial charge < -0.3 is 0 Å². The molecule has 0 aromatic heterocycles. The van der Waals surface area contributed by atoms with Gasteiger partial charge in [-0.25, -0.2) is 4.85 Å². The summed E-state index contributed by atoms with van der Waals surface area (Å²) >= 11 is 6.05. The van der Waals surface area contributed by atoms with Crippen molar-refractivity contribution < 1.29 is 9.59 Å². The maximum absolute atomic E-state index is 12.4. The van der Waals surface area contributed by atoms with Gasteiger partial charge in [-0.05, 0) is 36.6 Å². The molecule has 1 atom stereocenters. The zero-order valence-corrected chi connectivity index (χ0v) is 12.2. The Morgan fingerprint density at radius 3 is 2.50 bits per heavy atom. The number of aryl methyl sites for hydroxylation is 2. The lowest BCUT2D eigenvalue weighted by Crippen LogP contribution is -2.47. The Morgan fingerprint density at radius 1 is 1.25 bits per heavy atom. The minimum absolute atomic E-state index is 0.0782. The number of hydrogen-bond acceptors (Lipinski definition) is 2. The molecule has 1 aliphatic heterocycles. The van der Waals surface area contributed by atoms with Crippen molar-refractivity contribution in [2.75, 3.05) is 4.90 Å². The van der Waals surface area contributed by atoms with Crippen molar-refractivity contribution >= 4 is 29.1 Å². The molecule has 102 valence electrons. The molecule has 0 bridgehead atoms. The highest BCUT2D eigenvalue weighted by molar-refractivity contribution is 6.41. The normalized spacial score (nSPS) is 19.4. The van der Waals surface area contributed by atoms with Gasteiger partial charge in [0.2, 0.25) is 0 Å². The third kappa shape index (κ3) is 2.10. The monoisotopic (exact) mass is 288 g/mol. The molecule has 5 heteroatoms. The number of hydrogen-bond donors (Lipinski definition) is 0. The van der Waals surface area contributed by atoms with E-state index in [9.17, 15) is 9.59 Å². The van der Waals surface area contributed by atoms with Gasteiger partial charge >= 0.3 is 0 Å². The second-order valence-electron chi connectivity index (χ2n) is 4.77. The van der Waals surface area contributed by atoms with Gasteiger partial charge in [-0.15, -0.1) is 11.6 Å². The molecule has 0 saturated carbocycles. The molecule has 20 heavy (non-hydrogen) atoms. The Balaban J connectivity index is 2.64. The maximum atomic E-state index is 12.4. The molecule has 2 rings (SSSR count). The summed E-state index contributed by atoms with van der Waals surface area (Å²) in [5.74, 6) is -1.11. The van der Waals surface area contributed by atoms with E-state index in [1.165, 1.54) is 0 Å². The van der Waals surface area contributed by atoms with Crippen LogP contribution >= 0.6 is 11.6 Å². The largest absolute Gasteiger partial charge is 0.283 e. The molecule has 0 radical (unpaired) electrons. The summed E-state index contributed by atoms with van der Waals surface area (Å²) in [5, 5.41) is -0.975. The van der Waals surface area contributed by atoms with Crippen molar-refractivity contribution in [3.8, 4) is 0 Å². The Morgan fingerprint density at radius 2 is 1.90 bits per heavy atom. The Labute approximate surface area is 122 Å². The van der Waals surface area contributed by atoms with E-state index >= 15 is 0 Å². The first-order valence-corrected chi connectivity index (χ1v) is 6.50. The number of benzene rings is 1. The van der Waals surface area contributed by atoms with E-state index in [4.69, 9.17) is 18.2 Å². The molecular weight excluding hydrogens is 276 g/mol. The van der Waals surface area contributed by atoms with Crippen LogP contribution in [0, 0.1) is 20.4 Å². The lowest BCUT2D eigenvalue weighted by atomic mass is 10.0. The van der Waals surface area contributed by atoms with E-state index < -0.39 is 17.2 Å². The molecule has 1 aliphatic rings. The quantitative estimate of drug-likeness (QED) is 0.453. The summed E-state index contributed by atoms with van der Waals surface area (Å²) in [7, 11) is 0. The van der Waals surface area contributed by atoms with Crippen molar-refractivity contribution in [3.05, 3.63) is 52.0 Å². The number of amides is 2. The summed E-state index contributed by atoms with van der Waals surface area (Å²) in [6, 6.07) is 5.47. The van der Waals surface area contributed by atoms with Gasteiger partial charge in [-0.3, -0.25) is 14.5 Å². The first-order valence-electron chi connectivity index (χ1n) is 6.06. The van der Waals surface area contributed by atoms with Crippen molar-refractivity contribution in [1.29, 1.82) is 0 Å². The van der Waals surface area contributed by atoms with E-state index in [0.717, 1.165) is 16.0 Å². The standard InChI is InChI=1S/C15H13ClN2O2/c1-8-5-6-9(2)11(7-8)18-14(19)12(16)10(3)13(17-4)15(18)20/h5-7,12H,1-3H3. The fraction of sp³-hybridized carbons (Fsp3) is 0.267. The fourth-order valence-corrected chi connectivity index (χ4v) is 2.32. The maximum Gasteiger partial charge on any atom is 0.264 e. The van der Waals surface area contributed by atoms with Crippen molar-refractivity contribution in [3.63, 3.8) is 0 Å². The Hall–Kier alpha value is -2.12. The summed E-state index contributed by atoms with van der Waals surface area (Å²) in [5.41, 5.74) is 2.43. The molecule has 0 N–H and O–H groups in total. The molecule has 1 heterocycles. The minimum Gasteiger partial charge on any atom is -0.283 e. The molecule has 0 aliphatic carbocycles. The Kier molecular flexibility index (Phi) is 3.65. The smallest absolute Gasteiger partial charge is 0.264 e. The van der Waals surface area contributed by atoms with Gasteiger partial charge in [0.15, 0.2) is 0 Å². The SMILES string of the molecule is [C-]#[N+]C1=C(C)C(Cl)C(=O)N(c2cc(C)ccc2C)C1=O. The number of halogens is 1. The van der Waals surface area contributed by atoms with Crippen LogP contribution in [0.2, 0.25) is 0 Å². The number of carbonyl (C=O) groups excluding carboxylic acids is 2. The van der Waals surface area contributed by atoms with E-state index in [2.05, 4.69) is 4.85 Å². The zero-order valence-electron chi connectivity index (χ0n) is 11.4. The third-order valence-corrected chi connectivity index (χ3v) is 3.83. The average Bonchev–Trinajstić information content (AvgIpc) is 2.41. The molecule has 1 aromatic rings. The molecular formula is C15H13ClN2O2. The van der Waals surface area contributed by atoms with Gasteiger partial charge in [-0.2, -0.15) is 0 Å². The number of anilines is 1. The van der Waals surface area contributed by atoms with Crippen LogP contribution in [0.25, 0.3) is 4.85 Å². The lowest BCUT2D eigenvalue weighted by Gasteiger charge is -2.30. The Bertz CT molecular complexity index is 686. The number of nitrogens with zero attached hydrogens (tertiary/aromatic N) is 2. The zero-order chi connectivity index (χ0) is 15.0. The van der Waals surface area contributed by atoms with E-state index in [-0.39, 0.29) is 5.70 Å². The fourth-order valence-electron chi connectivity index (χ4n) is 2.12. The molecule has 4 nitrogen and oxygen atoms in total. The van der Waals surface area contributed by atoms with Crippen molar-refractivity contribution in [2.24, 2.45) is 0 Å². The van der Waals surface area contributed by atoms with Crippen molar-refractivity contribution in [2.45, 2.75) is 26.1 Å². The average molecular weight is 289 g/mol. The van der Waals surface area contributed by atoms with Crippen molar-refractivity contribution in [1.82, 2.24) is 0 Å². The van der Waals surface area contributed by atoms with Crippen LogP contribution in [0.3, 0.4) is 0 Å². The predicted molar refractivity (Wildman–Crippen MR) is 77.4 cm³/mol. The summed E-state index contributed by atoms with van der Waals surface area (Å²) in [6.07, 6.45) is 0. The summed E-state index contributed by atoms with van der Waals surface area (Å²) in [4.78, 5) is 28.9. The highest BCUT2D eigenvalue weighted by Gasteiger charge is 2.39. The number of rotatable bonds is 1. The van der Waals surface area contributed by atoms with E-state index in [0.29, 0.717) is 11.3 Å². The third-order valence-electron chi connectivity index (χ3n) is 3.31. The van der Waals surface area contributed by atoms with E-state index in [1.54, 1.807) is 19.9 Å². The lowest BCUT2D eigenvalue weighted by molar-refractivity contribution is -0.124. The van der Waals surface area contributed by atoms with Crippen LogP contribution in [0.4, 0.5) is 5.69 Å². The highest BCUT2D eigenvalue weighted by Crippen LogP contribution is 2.31. The van der Waals surface area contributed by atoms with Gasteiger partial charge in [-0.1, -0.05) is 19.1 Å². The first kappa shape index (κ1) is 14.3. The van der Waals surface area contributed by atoms with Gasteiger partial charge in [0.1, 0.15) is 5.38 Å². The molecule has 1 aromatic carbocycles. The van der Waals surface area contributed by atoms with Crippen LogP contribution in [-0.4, -0.2) is 17.2 Å². The summed E-state index contributed by atoms with van der Waals surface area (Å²) < 4.78 is 0. The molecule has 2 amide bonds. The molecule has 1 unspecified atom stereocenters. The van der Waals surface area contributed by atoms with Crippen LogP contribution < -0.4 is 4.90 Å². The number of carbonyl (C=O) groups is 2. The van der Waals surface area contributed by atoms with Crippen LogP contribution in [0.5, 0.6) is 0 Å². The van der Waals surface area contributed by atoms with Gasteiger partial charge in [0.25, 0.3) is 17.5 Å². The minimum atomic E-state index is -0.975. The van der Waals surface area contributed by atoms with E-state index in [1.807, 2.05) is 19.1 Å². The van der Waals surface area contributed by atoms with Crippen LogP contribution in [0.15, 0.2) is 29.5 Å². The van der Waals surface area contributed by atoms with Gasteiger partial charge in [0.05, 0.1) is 12.3 Å². The first-order chi connectivity index (χ1) is 9.38. The number of imide groups is 1.